The molecule has 4 nitrogen and oxygen atoms in total. The lowest BCUT2D eigenvalue weighted by Crippen LogP contribution is -2.25. The first-order valence-corrected chi connectivity index (χ1v) is 2.36. The zero-order chi connectivity index (χ0) is 7.44. The molecular formula is C4H5ClNO3. The molecule has 0 aliphatic rings. The second kappa shape index (κ2) is 3.29. The standard InChI is InChI=1S/C4H5ClNO3/c1-3(7)6(5)4(8)9-2/h2H2,1H3. The zero-order valence-electron chi connectivity index (χ0n) is 4.76. The Morgan fingerprint density at radius 3 is 2.22 bits per heavy atom. The van der Waals surface area contributed by atoms with E-state index in [1.165, 1.54) is 0 Å². The number of amides is 2. The molecule has 51 valence electrons. The third-order valence-corrected chi connectivity index (χ3v) is 0.936. The summed E-state index contributed by atoms with van der Waals surface area (Å²) in [6.07, 6.45) is -0.982. The van der Waals surface area contributed by atoms with E-state index < -0.39 is 12.0 Å². The molecule has 0 rings (SSSR count). The van der Waals surface area contributed by atoms with Crippen LogP contribution >= 0.6 is 11.8 Å². The first-order chi connectivity index (χ1) is 4.09. The second-order valence-electron chi connectivity index (χ2n) is 1.21. The maximum absolute atomic E-state index is 10.2. The third kappa shape index (κ3) is 2.32. The lowest BCUT2D eigenvalue weighted by Gasteiger charge is -2.04. The van der Waals surface area contributed by atoms with Crippen LogP contribution in [-0.2, 0) is 9.53 Å². The molecule has 0 heterocycles. The number of halogens is 1. The van der Waals surface area contributed by atoms with E-state index in [-0.39, 0.29) is 0 Å². The normalized spacial score (nSPS) is 8.33. The van der Waals surface area contributed by atoms with Crippen LogP contribution in [0.1, 0.15) is 6.92 Å². The Labute approximate surface area is 57.4 Å². The lowest BCUT2D eigenvalue weighted by atomic mass is 10.7. The van der Waals surface area contributed by atoms with Gasteiger partial charge in [-0.05, 0) is 0 Å². The van der Waals surface area contributed by atoms with Gasteiger partial charge in [0.2, 0.25) is 5.91 Å². The van der Waals surface area contributed by atoms with Crippen LogP contribution in [0.3, 0.4) is 0 Å². The quantitative estimate of drug-likeness (QED) is 0.483. The molecule has 0 saturated heterocycles. The number of hydrogen-bond acceptors (Lipinski definition) is 3. The molecule has 0 saturated carbocycles. The minimum atomic E-state index is -0.982. The van der Waals surface area contributed by atoms with Crippen LogP contribution in [0, 0.1) is 7.11 Å². The Kier molecular flexibility index (Phi) is 3.01. The van der Waals surface area contributed by atoms with Crippen molar-refractivity contribution in [1.82, 2.24) is 4.42 Å². The van der Waals surface area contributed by atoms with Crippen molar-refractivity contribution >= 4 is 23.8 Å². The first kappa shape index (κ1) is 8.23. The van der Waals surface area contributed by atoms with E-state index >= 15 is 0 Å². The number of imide groups is 1. The van der Waals surface area contributed by atoms with Gasteiger partial charge < -0.3 is 4.74 Å². The van der Waals surface area contributed by atoms with Crippen LogP contribution in [0.2, 0.25) is 0 Å². The van der Waals surface area contributed by atoms with Gasteiger partial charge in [0.1, 0.15) is 7.11 Å². The fourth-order valence-electron chi connectivity index (χ4n) is 0.185. The van der Waals surface area contributed by atoms with Gasteiger partial charge in [-0.3, -0.25) is 4.79 Å². The summed E-state index contributed by atoms with van der Waals surface area (Å²) in [4.78, 5) is 20.5. The van der Waals surface area contributed by atoms with Gasteiger partial charge in [0.05, 0.1) is 0 Å². The molecule has 0 N–H and O–H groups in total. The maximum atomic E-state index is 10.2. The Morgan fingerprint density at radius 1 is 1.67 bits per heavy atom. The number of carbonyl (C=O) groups is 2. The summed E-state index contributed by atoms with van der Waals surface area (Å²) >= 11 is 5.04. The first-order valence-electron chi connectivity index (χ1n) is 2.02. The summed E-state index contributed by atoms with van der Waals surface area (Å²) in [5.74, 6) is -0.606. The van der Waals surface area contributed by atoms with Crippen molar-refractivity contribution in [3.63, 3.8) is 0 Å². The SMILES string of the molecule is [CH2]OC(=O)N(Cl)C(C)=O. The Hall–Kier alpha value is -0.770. The van der Waals surface area contributed by atoms with Gasteiger partial charge in [-0.1, -0.05) is 0 Å². The molecule has 2 amide bonds. The van der Waals surface area contributed by atoms with E-state index in [1.54, 1.807) is 0 Å². The van der Waals surface area contributed by atoms with Gasteiger partial charge in [0, 0.05) is 18.7 Å². The van der Waals surface area contributed by atoms with Gasteiger partial charge in [-0.15, -0.1) is 0 Å². The highest BCUT2D eigenvalue weighted by atomic mass is 35.5. The Bertz CT molecular complexity index is 136. The van der Waals surface area contributed by atoms with Crippen LogP contribution in [-0.4, -0.2) is 16.4 Å². The number of hydrogen-bond donors (Lipinski definition) is 0. The van der Waals surface area contributed by atoms with Gasteiger partial charge in [-0.2, -0.15) is 4.42 Å². The smallest absolute Gasteiger partial charge is 0.431 e. The fraction of sp³-hybridized carbons (Fsp3) is 0.250. The Morgan fingerprint density at radius 2 is 2.11 bits per heavy atom. The summed E-state index contributed by atoms with van der Waals surface area (Å²) in [6.45, 7) is 1.13. The van der Waals surface area contributed by atoms with Gasteiger partial charge in [0.15, 0.2) is 0 Å². The van der Waals surface area contributed by atoms with Crippen LogP contribution in [0.4, 0.5) is 4.79 Å². The summed E-state index contributed by atoms with van der Waals surface area (Å²) in [5, 5.41) is 0. The van der Waals surface area contributed by atoms with E-state index in [0.29, 0.717) is 4.42 Å². The minimum Gasteiger partial charge on any atom is -0.445 e. The van der Waals surface area contributed by atoms with Crippen molar-refractivity contribution in [2.24, 2.45) is 0 Å². The van der Waals surface area contributed by atoms with E-state index in [2.05, 4.69) is 11.8 Å². The number of rotatable bonds is 0. The number of nitrogens with zero attached hydrogens (tertiary/aromatic N) is 1. The third-order valence-electron chi connectivity index (χ3n) is 0.560. The van der Waals surface area contributed by atoms with Crippen molar-refractivity contribution in [3.8, 4) is 0 Å². The highest BCUT2D eigenvalue weighted by Crippen LogP contribution is 1.97. The molecule has 5 heteroatoms. The minimum absolute atomic E-state index is 0.299. The maximum Gasteiger partial charge on any atom is 0.431 e. The van der Waals surface area contributed by atoms with E-state index in [9.17, 15) is 9.59 Å². The fourth-order valence-corrected chi connectivity index (χ4v) is 0.234. The molecule has 9 heavy (non-hydrogen) atoms. The molecule has 0 aliphatic carbocycles. The van der Waals surface area contributed by atoms with Crippen molar-refractivity contribution in [3.05, 3.63) is 7.11 Å². The van der Waals surface area contributed by atoms with Crippen LogP contribution in [0.5, 0.6) is 0 Å². The van der Waals surface area contributed by atoms with Gasteiger partial charge in [0.25, 0.3) is 0 Å². The zero-order valence-corrected chi connectivity index (χ0v) is 5.51. The molecule has 0 spiro atoms. The van der Waals surface area contributed by atoms with E-state index in [4.69, 9.17) is 11.8 Å². The second-order valence-corrected chi connectivity index (χ2v) is 1.55. The van der Waals surface area contributed by atoms with Gasteiger partial charge in [-0.25, -0.2) is 4.79 Å². The largest absolute Gasteiger partial charge is 0.445 e. The topological polar surface area (TPSA) is 46.6 Å². The van der Waals surface area contributed by atoms with Crippen molar-refractivity contribution in [2.45, 2.75) is 6.92 Å². The predicted octanol–water partition coefficient (Wildman–Crippen LogP) is 0.917. The molecule has 1 radical (unpaired) electrons. The molecule has 0 aromatic carbocycles. The van der Waals surface area contributed by atoms with Crippen molar-refractivity contribution in [1.29, 1.82) is 0 Å². The summed E-state index contributed by atoms with van der Waals surface area (Å²) < 4.78 is 4.16. The summed E-state index contributed by atoms with van der Waals surface area (Å²) in [5.41, 5.74) is 0. The van der Waals surface area contributed by atoms with E-state index in [0.717, 1.165) is 6.92 Å². The average Bonchev–Trinajstić information content (AvgIpc) is 1.84. The number of carbonyl (C=O) groups excluding carboxylic acids is 2. The van der Waals surface area contributed by atoms with Gasteiger partial charge >= 0.3 is 6.09 Å². The van der Waals surface area contributed by atoms with Crippen LogP contribution in [0.15, 0.2) is 0 Å². The summed E-state index contributed by atoms with van der Waals surface area (Å²) in [6, 6.07) is 0. The Balaban J connectivity index is 3.88. The molecule has 0 atom stereocenters. The molecule has 0 unspecified atom stereocenters. The molecule has 0 bridgehead atoms. The van der Waals surface area contributed by atoms with Crippen LogP contribution in [0.25, 0.3) is 0 Å². The lowest BCUT2D eigenvalue weighted by molar-refractivity contribution is -0.123. The number of ether oxygens (including phenoxy) is 1. The molecule has 0 fully saturated rings. The van der Waals surface area contributed by atoms with Crippen molar-refractivity contribution < 1.29 is 14.3 Å². The molecular weight excluding hydrogens is 146 g/mol. The molecule has 0 aliphatic heterocycles. The predicted molar refractivity (Wildman–Crippen MR) is 30.2 cm³/mol. The monoisotopic (exact) mass is 150 g/mol. The highest BCUT2D eigenvalue weighted by Gasteiger charge is 2.14. The highest BCUT2D eigenvalue weighted by molar-refractivity contribution is 6.28. The van der Waals surface area contributed by atoms with Crippen molar-refractivity contribution in [2.75, 3.05) is 0 Å². The molecule has 0 aromatic heterocycles. The molecule has 0 aromatic rings. The van der Waals surface area contributed by atoms with E-state index in [1.807, 2.05) is 0 Å². The summed E-state index contributed by atoms with van der Waals surface area (Å²) in [7, 11) is 2.76. The van der Waals surface area contributed by atoms with Crippen LogP contribution < -0.4 is 0 Å². The average molecular weight is 151 g/mol.